The molecule has 0 heterocycles. The molecule has 0 aromatic heterocycles. The normalized spacial score (nSPS) is 12.4. The van der Waals surface area contributed by atoms with Crippen molar-refractivity contribution in [3.8, 4) is 11.5 Å². The van der Waals surface area contributed by atoms with E-state index in [4.69, 9.17) is 21.1 Å². The number of carbonyl (C=O) groups is 2. The van der Waals surface area contributed by atoms with E-state index in [1.807, 2.05) is 13.8 Å². The summed E-state index contributed by atoms with van der Waals surface area (Å²) < 4.78 is 10.6. The maximum atomic E-state index is 13.1. The molecular formula is C23H28ClN3O6. The number of rotatable bonds is 11. The molecule has 2 amide bonds. The maximum absolute atomic E-state index is 13.1. The molecule has 10 heteroatoms. The fraction of sp³-hybridized carbons (Fsp3) is 0.391. The van der Waals surface area contributed by atoms with Gasteiger partial charge < -0.3 is 19.7 Å². The summed E-state index contributed by atoms with van der Waals surface area (Å²) in [5, 5.41) is 14.4. The monoisotopic (exact) mass is 477 g/mol. The number of methoxy groups -OCH3 is 1. The molecule has 0 aliphatic rings. The molecule has 0 fully saturated rings. The van der Waals surface area contributed by atoms with Crippen molar-refractivity contribution in [3.05, 3.63) is 63.2 Å². The lowest BCUT2D eigenvalue weighted by Gasteiger charge is -2.30. The first-order valence-corrected chi connectivity index (χ1v) is 10.8. The maximum Gasteiger partial charge on any atom is 0.311 e. The van der Waals surface area contributed by atoms with Gasteiger partial charge in [-0.1, -0.05) is 36.7 Å². The van der Waals surface area contributed by atoms with Crippen LogP contribution in [0.2, 0.25) is 5.02 Å². The zero-order chi connectivity index (χ0) is 24.5. The smallest absolute Gasteiger partial charge is 0.311 e. The van der Waals surface area contributed by atoms with Crippen molar-refractivity contribution in [1.29, 1.82) is 0 Å². The lowest BCUT2D eigenvalue weighted by molar-refractivity contribution is -0.385. The Labute approximate surface area is 197 Å². The standard InChI is InChI=1S/C23H28ClN3O6/c1-5-15(2)25-23(29)16(3)26(13-17-8-6-7-9-19(17)24)22(28)14-33-18-10-11-20(27(30)31)21(12-18)32-4/h6-12,15-16H,5,13-14H2,1-4H3,(H,25,29)/t15-,16-/m0/s1. The van der Waals surface area contributed by atoms with E-state index in [9.17, 15) is 19.7 Å². The summed E-state index contributed by atoms with van der Waals surface area (Å²) in [4.78, 5) is 37.7. The number of ether oxygens (including phenoxy) is 2. The van der Waals surface area contributed by atoms with Gasteiger partial charge in [-0.2, -0.15) is 0 Å². The third-order valence-electron chi connectivity index (χ3n) is 5.18. The summed E-state index contributed by atoms with van der Waals surface area (Å²) in [6, 6.07) is 10.2. The van der Waals surface area contributed by atoms with E-state index in [-0.39, 0.29) is 42.3 Å². The van der Waals surface area contributed by atoms with Crippen LogP contribution < -0.4 is 14.8 Å². The van der Waals surface area contributed by atoms with Gasteiger partial charge >= 0.3 is 5.69 Å². The Hall–Kier alpha value is -3.33. The van der Waals surface area contributed by atoms with Gasteiger partial charge in [-0.05, 0) is 38.0 Å². The number of nitro groups is 1. The third kappa shape index (κ3) is 7.08. The number of hydrogen-bond donors (Lipinski definition) is 1. The van der Waals surface area contributed by atoms with Crippen LogP contribution in [0.5, 0.6) is 11.5 Å². The number of nitrogens with one attached hydrogen (secondary N) is 1. The Morgan fingerprint density at radius 2 is 1.91 bits per heavy atom. The number of nitrogens with zero attached hydrogens (tertiary/aromatic N) is 2. The van der Waals surface area contributed by atoms with Crippen molar-refractivity contribution < 1.29 is 24.0 Å². The molecule has 178 valence electrons. The van der Waals surface area contributed by atoms with Gasteiger partial charge in [-0.25, -0.2) is 0 Å². The van der Waals surface area contributed by atoms with E-state index in [2.05, 4.69) is 5.32 Å². The van der Waals surface area contributed by atoms with Crippen molar-refractivity contribution in [1.82, 2.24) is 10.2 Å². The highest BCUT2D eigenvalue weighted by Crippen LogP contribution is 2.30. The van der Waals surface area contributed by atoms with E-state index in [1.165, 1.54) is 30.2 Å². The fourth-order valence-corrected chi connectivity index (χ4v) is 3.18. The quantitative estimate of drug-likeness (QED) is 0.387. The van der Waals surface area contributed by atoms with Crippen molar-refractivity contribution in [2.24, 2.45) is 0 Å². The molecule has 1 N–H and O–H groups in total. The average Bonchev–Trinajstić information content (AvgIpc) is 2.80. The molecule has 0 unspecified atom stereocenters. The van der Waals surface area contributed by atoms with Gasteiger partial charge in [0.15, 0.2) is 6.61 Å². The molecule has 0 spiro atoms. The van der Waals surface area contributed by atoms with Gasteiger partial charge in [-0.15, -0.1) is 0 Å². The second-order valence-electron chi connectivity index (χ2n) is 7.49. The Bertz CT molecular complexity index is 1000. The minimum Gasteiger partial charge on any atom is -0.490 e. The largest absolute Gasteiger partial charge is 0.490 e. The highest BCUT2D eigenvalue weighted by Gasteiger charge is 2.28. The Kier molecular flexibility index (Phi) is 9.47. The second kappa shape index (κ2) is 12.1. The van der Waals surface area contributed by atoms with Crippen LogP contribution in [0.25, 0.3) is 0 Å². The van der Waals surface area contributed by atoms with E-state index in [0.717, 1.165) is 6.42 Å². The van der Waals surface area contributed by atoms with Crippen LogP contribution in [-0.2, 0) is 16.1 Å². The van der Waals surface area contributed by atoms with E-state index in [1.54, 1.807) is 31.2 Å². The summed E-state index contributed by atoms with van der Waals surface area (Å²) in [6.45, 7) is 5.21. The highest BCUT2D eigenvalue weighted by atomic mass is 35.5. The van der Waals surface area contributed by atoms with Gasteiger partial charge in [0.25, 0.3) is 5.91 Å². The minimum atomic E-state index is -0.780. The summed E-state index contributed by atoms with van der Waals surface area (Å²) in [5.41, 5.74) is 0.472. The van der Waals surface area contributed by atoms with Crippen LogP contribution in [0.1, 0.15) is 32.8 Å². The first-order chi connectivity index (χ1) is 15.7. The molecule has 0 radical (unpaired) electrons. The Balaban J connectivity index is 2.21. The topological polar surface area (TPSA) is 111 Å². The number of halogens is 1. The minimum absolute atomic E-state index is 0.0131. The lowest BCUT2D eigenvalue weighted by atomic mass is 10.1. The summed E-state index contributed by atoms with van der Waals surface area (Å²) in [5.74, 6) is -0.500. The molecule has 2 rings (SSSR count). The highest BCUT2D eigenvalue weighted by molar-refractivity contribution is 6.31. The molecule has 2 atom stereocenters. The van der Waals surface area contributed by atoms with Crippen LogP contribution in [-0.4, -0.2) is 47.4 Å². The van der Waals surface area contributed by atoms with Gasteiger partial charge in [0.05, 0.1) is 12.0 Å². The van der Waals surface area contributed by atoms with Crippen LogP contribution in [0.3, 0.4) is 0 Å². The second-order valence-corrected chi connectivity index (χ2v) is 7.89. The van der Waals surface area contributed by atoms with Crippen molar-refractivity contribution in [2.45, 2.75) is 45.8 Å². The van der Waals surface area contributed by atoms with Crippen LogP contribution in [0.15, 0.2) is 42.5 Å². The van der Waals surface area contributed by atoms with Crippen molar-refractivity contribution >= 4 is 29.1 Å². The molecule has 0 saturated heterocycles. The molecule has 0 bridgehead atoms. The average molecular weight is 478 g/mol. The predicted molar refractivity (Wildman–Crippen MR) is 125 cm³/mol. The third-order valence-corrected chi connectivity index (χ3v) is 5.55. The molecule has 2 aromatic carbocycles. The lowest BCUT2D eigenvalue weighted by Crippen LogP contribution is -2.50. The number of carbonyl (C=O) groups excluding carboxylic acids is 2. The van der Waals surface area contributed by atoms with Gasteiger partial charge in [0.1, 0.15) is 11.8 Å². The number of benzene rings is 2. The van der Waals surface area contributed by atoms with Crippen molar-refractivity contribution in [3.63, 3.8) is 0 Å². The Morgan fingerprint density at radius 1 is 1.21 bits per heavy atom. The Morgan fingerprint density at radius 3 is 2.52 bits per heavy atom. The van der Waals surface area contributed by atoms with Gasteiger partial charge in [0, 0.05) is 29.7 Å². The molecule has 33 heavy (non-hydrogen) atoms. The SMILES string of the molecule is CC[C@H](C)NC(=O)[C@H](C)N(Cc1ccccc1Cl)C(=O)COc1ccc([N+](=O)[O-])c(OC)c1. The molecule has 9 nitrogen and oxygen atoms in total. The van der Waals surface area contributed by atoms with Crippen LogP contribution in [0, 0.1) is 10.1 Å². The number of amides is 2. The summed E-state index contributed by atoms with van der Waals surface area (Å²) in [6.07, 6.45) is 0.752. The zero-order valence-corrected chi connectivity index (χ0v) is 19.8. The van der Waals surface area contributed by atoms with Crippen LogP contribution >= 0.6 is 11.6 Å². The predicted octanol–water partition coefficient (Wildman–Crippen LogP) is 3.97. The van der Waals surface area contributed by atoms with E-state index < -0.39 is 16.9 Å². The number of nitro benzene ring substituents is 1. The fourth-order valence-electron chi connectivity index (χ4n) is 2.98. The molecule has 0 aliphatic carbocycles. The molecule has 0 saturated carbocycles. The number of hydrogen-bond acceptors (Lipinski definition) is 6. The van der Waals surface area contributed by atoms with Crippen LogP contribution in [0.4, 0.5) is 5.69 Å². The van der Waals surface area contributed by atoms with E-state index in [0.29, 0.717) is 10.6 Å². The molecular weight excluding hydrogens is 450 g/mol. The first-order valence-electron chi connectivity index (χ1n) is 10.5. The van der Waals surface area contributed by atoms with Gasteiger partial charge in [-0.3, -0.25) is 19.7 Å². The van der Waals surface area contributed by atoms with E-state index >= 15 is 0 Å². The summed E-state index contributed by atoms with van der Waals surface area (Å²) >= 11 is 6.27. The summed E-state index contributed by atoms with van der Waals surface area (Å²) in [7, 11) is 1.31. The first kappa shape index (κ1) is 25.9. The molecule has 2 aromatic rings. The van der Waals surface area contributed by atoms with Crippen molar-refractivity contribution in [2.75, 3.05) is 13.7 Å². The van der Waals surface area contributed by atoms with Gasteiger partial charge in [0.2, 0.25) is 11.7 Å². The molecule has 0 aliphatic heterocycles. The zero-order valence-electron chi connectivity index (χ0n) is 19.0.